The smallest absolute Gasteiger partial charge is 0.237 e. The van der Waals surface area contributed by atoms with Crippen molar-refractivity contribution in [1.29, 1.82) is 0 Å². The summed E-state index contributed by atoms with van der Waals surface area (Å²) in [5.74, 6) is 1.24. The second-order valence-corrected chi connectivity index (χ2v) is 5.07. The summed E-state index contributed by atoms with van der Waals surface area (Å²) < 4.78 is 5.08. The lowest BCUT2D eigenvalue weighted by Gasteiger charge is -2.28. The Labute approximate surface area is 107 Å². The van der Waals surface area contributed by atoms with Crippen molar-refractivity contribution in [3.8, 4) is 0 Å². The predicted octanol–water partition coefficient (Wildman–Crippen LogP) is 1.30. The minimum atomic E-state index is -0.0702. The molecule has 2 unspecified atom stereocenters. The highest BCUT2D eigenvalue weighted by atomic mass is 16.5. The van der Waals surface area contributed by atoms with Crippen molar-refractivity contribution in [1.82, 2.24) is 15.8 Å². The minimum absolute atomic E-state index is 0.0702. The number of nitrogens with zero attached hydrogens (tertiary/aromatic N) is 1. The van der Waals surface area contributed by atoms with E-state index in [9.17, 15) is 4.79 Å². The average Bonchev–Trinajstić information content (AvgIpc) is 2.67. The molecule has 0 saturated carbocycles. The van der Waals surface area contributed by atoms with E-state index in [1.807, 2.05) is 13.8 Å². The maximum absolute atomic E-state index is 12.1. The van der Waals surface area contributed by atoms with Gasteiger partial charge in [-0.3, -0.25) is 4.79 Å². The fourth-order valence-corrected chi connectivity index (χ4v) is 2.44. The van der Waals surface area contributed by atoms with Gasteiger partial charge in [0.15, 0.2) is 0 Å². The number of amides is 1. The highest BCUT2D eigenvalue weighted by Gasteiger charge is 2.27. The van der Waals surface area contributed by atoms with Crippen LogP contribution in [0.2, 0.25) is 0 Å². The Kier molecular flexibility index (Phi) is 4.01. The first-order chi connectivity index (χ1) is 8.59. The van der Waals surface area contributed by atoms with Crippen LogP contribution in [0.5, 0.6) is 0 Å². The number of aromatic nitrogens is 1. The molecule has 0 aromatic carbocycles. The van der Waals surface area contributed by atoms with Crippen LogP contribution in [0.1, 0.15) is 36.8 Å². The maximum atomic E-state index is 12.1. The number of carbonyl (C=O) groups excluding carboxylic acids is 1. The van der Waals surface area contributed by atoms with Gasteiger partial charge >= 0.3 is 0 Å². The molecule has 2 atom stereocenters. The fourth-order valence-electron chi connectivity index (χ4n) is 2.44. The first-order valence-electron chi connectivity index (χ1n) is 6.52. The Hall–Kier alpha value is -1.36. The predicted molar refractivity (Wildman–Crippen MR) is 68.0 cm³/mol. The Morgan fingerprint density at radius 1 is 1.56 bits per heavy atom. The summed E-state index contributed by atoms with van der Waals surface area (Å²) in [4.78, 5) is 12.1. The SMILES string of the molecule is Cc1noc(C)c1CNC(=O)C1NCCCC1C. The normalized spacial score (nSPS) is 23.9. The van der Waals surface area contributed by atoms with E-state index in [4.69, 9.17) is 4.52 Å². The van der Waals surface area contributed by atoms with Crippen molar-refractivity contribution in [2.24, 2.45) is 5.92 Å². The second-order valence-electron chi connectivity index (χ2n) is 5.07. The molecule has 0 spiro atoms. The van der Waals surface area contributed by atoms with E-state index in [1.54, 1.807) is 0 Å². The van der Waals surface area contributed by atoms with E-state index in [0.717, 1.165) is 36.4 Å². The summed E-state index contributed by atoms with van der Waals surface area (Å²) in [6.45, 7) is 7.29. The molecule has 1 aromatic rings. The van der Waals surface area contributed by atoms with Gasteiger partial charge in [0, 0.05) is 12.1 Å². The van der Waals surface area contributed by atoms with E-state index < -0.39 is 0 Å². The molecule has 5 heteroatoms. The van der Waals surface area contributed by atoms with Gasteiger partial charge < -0.3 is 15.2 Å². The molecule has 1 aromatic heterocycles. The quantitative estimate of drug-likeness (QED) is 0.849. The summed E-state index contributed by atoms with van der Waals surface area (Å²) in [6, 6.07) is -0.0702. The number of rotatable bonds is 3. The van der Waals surface area contributed by atoms with E-state index in [1.165, 1.54) is 0 Å². The van der Waals surface area contributed by atoms with Crippen molar-refractivity contribution < 1.29 is 9.32 Å². The second kappa shape index (κ2) is 5.52. The monoisotopic (exact) mass is 251 g/mol. The van der Waals surface area contributed by atoms with Crippen LogP contribution in [0, 0.1) is 19.8 Å². The molecule has 1 aliphatic rings. The Morgan fingerprint density at radius 3 is 2.94 bits per heavy atom. The Morgan fingerprint density at radius 2 is 2.33 bits per heavy atom. The van der Waals surface area contributed by atoms with Gasteiger partial charge in [0.1, 0.15) is 5.76 Å². The third kappa shape index (κ3) is 2.72. The van der Waals surface area contributed by atoms with Gasteiger partial charge in [0.2, 0.25) is 5.91 Å². The molecule has 2 N–H and O–H groups in total. The Balaban J connectivity index is 1.92. The first-order valence-corrected chi connectivity index (χ1v) is 6.52. The zero-order chi connectivity index (χ0) is 13.1. The average molecular weight is 251 g/mol. The highest BCUT2D eigenvalue weighted by Crippen LogP contribution is 2.16. The van der Waals surface area contributed by atoms with Crippen LogP contribution in [-0.4, -0.2) is 23.7 Å². The molecule has 1 saturated heterocycles. The summed E-state index contributed by atoms with van der Waals surface area (Å²) in [5.41, 5.74) is 1.82. The molecule has 18 heavy (non-hydrogen) atoms. The Bertz CT molecular complexity index is 408. The van der Waals surface area contributed by atoms with Crippen molar-refractivity contribution in [3.63, 3.8) is 0 Å². The standard InChI is InChI=1S/C13H21N3O2/c1-8-5-4-6-14-12(8)13(17)15-7-11-9(2)16-18-10(11)3/h8,12,14H,4-7H2,1-3H3,(H,15,17). The maximum Gasteiger partial charge on any atom is 0.237 e. The number of nitrogens with one attached hydrogen (secondary N) is 2. The summed E-state index contributed by atoms with van der Waals surface area (Å²) >= 11 is 0. The van der Waals surface area contributed by atoms with E-state index in [2.05, 4.69) is 22.7 Å². The number of aryl methyl sites for hydroxylation is 2. The molecular weight excluding hydrogens is 230 g/mol. The van der Waals surface area contributed by atoms with Gasteiger partial charge in [-0.15, -0.1) is 0 Å². The molecule has 0 bridgehead atoms. The zero-order valence-corrected chi connectivity index (χ0v) is 11.2. The number of hydrogen-bond donors (Lipinski definition) is 2. The van der Waals surface area contributed by atoms with Gasteiger partial charge in [-0.05, 0) is 39.2 Å². The lowest BCUT2D eigenvalue weighted by atomic mass is 9.92. The van der Waals surface area contributed by atoms with Gasteiger partial charge in [-0.25, -0.2) is 0 Å². The number of carbonyl (C=O) groups is 1. The summed E-state index contributed by atoms with van der Waals surface area (Å²) in [7, 11) is 0. The van der Waals surface area contributed by atoms with Crippen molar-refractivity contribution in [3.05, 3.63) is 17.0 Å². The van der Waals surface area contributed by atoms with Crippen LogP contribution in [0.3, 0.4) is 0 Å². The van der Waals surface area contributed by atoms with Crippen molar-refractivity contribution in [2.75, 3.05) is 6.54 Å². The zero-order valence-electron chi connectivity index (χ0n) is 11.2. The molecule has 0 aliphatic carbocycles. The lowest BCUT2D eigenvalue weighted by Crippen LogP contribution is -2.50. The molecule has 1 fully saturated rings. The van der Waals surface area contributed by atoms with Gasteiger partial charge in [0.05, 0.1) is 11.7 Å². The largest absolute Gasteiger partial charge is 0.361 e. The van der Waals surface area contributed by atoms with E-state index in [-0.39, 0.29) is 11.9 Å². The summed E-state index contributed by atoms with van der Waals surface area (Å²) in [6.07, 6.45) is 2.26. The van der Waals surface area contributed by atoms with Crippen LogP contribution in [-0.2, 0) is 11.3 Å². The fraction of sp³-hybridized carbons (Fsp3) is 0.692. The summed E-state index contributed by atoms with van der Waals surface area (Å²) in [5, 5.41) is 10.1. The number of piperidine rings is 1. The molecule has 5 nitrogen and oxygen atoms in total. The molecular formula is C13H21N3O2. The molecule has 0 radical (unpaired) electrons. The van der Waals surface area contributed by atoms with Gasteiger partial charge in [-0.1, -0.05) is 12.1 Å². The first kappa shape index (κ1) is 13.1. The van der Waals surface area contributed by atoms with Gasteiger partial charge in [-0.2, -0.15) is 0 Å². The van der Waals surface area contributed by atoms with Crippen LogP contribution < -0.4 is 10.6 Å². The van der Waals surface area contributed by atoms with Crippen LogP contribution >= 0.6 is 0 Å². The molecule has 100 valence electrons. The molecule has 2 rings (SSSR count). The molecule has 2 heterocycles. The number of hydrogen-bond acceptors (Lipinski definition) is 4. The van der Waals surface area contributed by atoms with Crippen molar-refractivity contribution in [2.45, 2.75) is 46.2 Å². The third-order valence-electron chi connectivity index (χ3n) is 3.67. The molecule has 1 aliphatic heterocycles. The van der Waals surface area contributed by atoms with Crippen molar-refractivity contribution >= 4 is 5.91 Å². The van der Waals surface area contributed by atoms with E-state index >= 15 is 0 Å². The lowest BCUT2D eigenvalue weighted by molar-refractivity contribution is -0.125. The minimum Gasteiger partial charge on any atom is -0.361 e. The van der Waals surface area contributed by atoms with Crippen LogP contribution in [0.15, 0.2) is 4.52 Å². The highest BCUT2D eigenvalue weighted by molar-refractivity contribution is 5.82. The van der Waals surface area contributed by atoms with E-state index in [0.29, 0.717) is 12.5 Å². The van der Waals surface area contributed by atoms with Crippen LogP contribution in [0.4, 0.5) is 0 Å². The third-order valence-corrected chi connectivity index (χ3v) is 3.67. The van der Waals surface area contributed by atoms with Gasteiger partial charge in [0.25, 0.3) is 0 Å². The topological polar surface area (TPSA) is 67.2 Å². The van der Waals surface area contributed by atoms with Crippen LogP contribution in [0.25, 0.3) is 0 Å². The molecule has 1 amide bonds.